The van der Waals surface area contributed by atoms with Crippen molar-refractivity contribution in [3.8, 4) is 5.75 Å². The zero-order valence-electron chi connectivity index (χ0n) is 14.6. The van der Waals surface area contributed by atoms with Crippen molar-refractivity contribution in [3.63, 3.8) is 0 Å². The van der Waals surface area contributed by atoms with E-state index in [2.05, 4.69) is 10.3 Å². The van der Waals surface area contributed by atoms with Crippen LogP contribution in [0.4, 0.5) is 10.1 Å². The van der Waals surface area contributed by atoms with Crippen LogP contribution in [0.2, 0.25) is 0 Å². The molecular weight excluding hydrogens is 434 g/mol. The first-order valence-electron chi connectivity index (χ1n) is 7.62. The van der Waals surface area contributed by atoms with Crippen LogP contribution >= 0.6 is 24.0 Å². The topological polar surface area (TPSA) is 62.9 Å². The van der Waals surface area contributed by atoms with Crippen molar-refractivity contribution in [2.75, 3.05) is 33.1 Å². The monoisotopic (exact) mass is 458 g/mol. The van der Waals surface area contributed by atoms with E-state index in [1.165, 1.54) is 12.1 Å². The Morgan fingerprint density at radius 2 is 1.76 bits per heavy atom. The average Bonchev–Trinajstić information content (AvgIpc) is 2.57. The van der Waals surface area contributed by atoms with Crippen molar-refractivity contribution >= 4 is 35.6 Å². The predicted octanol–water partition coefficient (Wildman–Crippen LogP) is 3.48. The van der Waals surface area contributed by atoms with E-state index in [9.17, 15) is 4.39 Å². The average molecular weight is 458 g/mol. The number of hydrogen-bond acceptors (Lipinski definition) is 3. The summed E-state index contributed by atoms with van der Waals surface area (Å²) >= 11 is 0. The molecule has 1 atom stereocenters. The molecule has 0 radical (unpaired) electrons. The molecule has 0 amide bonds. The van der Waals surface area contributed by atoms with Crippen LogP contribution in [0.15, 0.2) is 53.5 Å². The van der Waals surface area contributed by atoms with Gasteiger partial charge in [-0.05, 0) is 56.1 Å². The number of aliphatic imine (C=N–C) groups is 1. The Hall–Kier alpha value is -1.87. The van der Waals surface area contributed by atoms with Gasteiger partial charge in [-0.2, -0.15) is 0 Å². The van der Waals surface area contributed by atoms with E-state index in [4.69, 9.17) is 10.5 Å². The lowest BCUT2D eigenvalue weighted by molar-refractivity contribution is 0.306. The van der Waals surface area contributed by atoms with E-state index in [1.54, 1.807) is 19.2 Å². The third kappa shape index (κ3) is 6.50. The van der Waals surface area contributed by atoms with Crippen molar-refractivity contribution < 1.29 is 9.13 Å². The number of nitrogens with two attached hydrogens (primary N) is 1. The molecule has 3 N–H and O–H groups in total. The van der Waals surface area contributed by atoms with Gasteiger partial charge in [-0.1, -0.05) is 12.1 Å². The Morgan fingerprint density at radius 3 is 2.28 bits per heavy atom. The lowest BCUT2D eigenvalue weighted by Gasteiger charge is -2.23. The molecule has 2 aromatic rings. The summed E-state index contributed by atoms with van der Waals surface area (Å²) in [5, 5.41) is 3.04. The number of guanidine groups is 1. The van der Waals surface area contributed by atoms with Gasteiger partial charge in [0.2, 0.25) is 0 Å². The number of methoxy groups -OCH3 is 1. The van der Waals surface area contributed by atoms with Gasteiger partial charge in [-0.3, -0.25) is 4.99 Å². The lowest BCUT2D eigenvalue weighted by Crippen LogP contribution is -2.27. The number of hydrogen-bond donors (Lipinski definition) is 2. The van der Waals surface area contributed by atoms with E-state index >= 15 is 0 Å². The highest BCUT2D eigenvalue weighted by Gasteiger charge is 2.13. The van der Waals surface area contributed by atoms with Gasteiger partial charge in [-0.25, -0.2) is 4.39 Å². The van der Waals surface area contributed by atoms with E-state index in [1.807, 2.05) is 43.3 Å². The SMILES string of the molecule is COc1ccc(NC(N)=NCC(c2ccc(F)cc2)N(C)C)cc1.I. The molecule has 0 aromatic heterocycles. The summed E-state index contributed by atoms with van der Waals surface area (Å²) in [4.78, 5) is 6.42. The fourth-order valence-electron chi connectivity index (χ4n) is 2.30. The number of likely N-dealkylation sites (N-methyl/N-ethyl adjacent to an activating group) is 1. The fourth-order valence-corrected chi connectivity index (χ4v) is 2.30. The minimum Gasteiger partial charge on any atom is -0.497 e. The van der Waals surface area contributed by atoms with Crippen molar-refractivity contribution in [2.24, 2.45) is 10.7 Å². The lowest BCUT2D eigenvalue weighted by atomic mass is 10.1. The fraction of sp³-hybridized carbons (Fsp3) is 0.278. The van der Waals surface area contributed by atoms with Gasteiger partial charge in [0.25, 0.3) is 0 Å². The van der Waals surface area contributed by atoms with Crippen LogP contribution in [0.25, 0.3) is 0 Å². The number of nitrogens with one attached hydrogen (secondary N) is 1. The Balaban J connectivity index is 0.00000312. The molecule has 1 unspecified atom stereocenters. The summed E-state index contributed by atoms with van der Waals surface area (Å²) in [6.45, 7) is 0.466. The quantitative estimate of drug-likeness (QED) is 0.396. The Labute approximate surface area is 165 Å². The van der Waals surface area contributed by atoms with Crippen LogP contribution in [0.3, 0.4) is 0 Å². The molecule has 2 rings (SSSR count). The molecule has 136 valence electrons. The molecule has 25 heavy (non-hydrogen) atoms. The number of rotatable bonds is 6. The van der Waals surface area contributed by atoms with Gasteiger partial charge in [0.05, 0.1) is 19.7 Å². The molecule has 0 spiro atoms. The summed E-state index contributed by atoms with van der Waals surface area (Å²) in [7, 11) is 5.53. The summed E-state index contributed by atoms with van der Waals surface area (Å²) in [6.07, 6.45) is 0. The second-order valence-electron chi connectivity index (χ2n) is 5.61. The second-order valence-corrected chi connectivity index (χ2v) is 5.61. The van der Waals surface area contributed by atoms with E-state index < -0.39 is 0 Å². The third-order valence-electron chi connectivity index (χ3n) is 3.68. The van der Waals surface area contributed by atoms with Crippen LogP contribution in [-0.4, -0.2) is 38.6 Å². The first kappa shape index (κ1) is 21.2. The molecule has 0 saturated carbocycles. The number of halogens is 2. The highest BCUT2D eigenvalue weighted by Crippen LogP contribution is 2.19. The van der Waals surface area contributed by atoms with Crippen molar-refractivity contribution in [2.45, 2.75) is 6.04 Å². The first-order chi connectivity index (χ1) is 11.5. The molecule has 0 aliphatic rings. The molecule has 0 saturated heterocycles. The van der Waals surface area contributed by atoms with Gasteiger partial charge in [0, 0.05) is 5.69 Å². The van der Waals surface area contributed by atoms with E-state index in [0.717, 1.165) is 17.0 Å². The minimum absolute atomic E-state index is 0. The van der Waals surface area contributed by atoms with Gasteiger partial charge in [0.15, 0.2) is 5.96 Å². The first-order valence-corrected chi connectivity index (χ1v) is 7.62. The van der Waals surface area contributed by atoms with Crippen molar-refractivity contribution in [1.29, 1.82) is 0 Å². The third-order valence-corrected chi connectivity index (χ3v) is 3.68. The summed E-state index contributed by atoms with van der Waals surface area (Å²) in [6, 6.07) is 13.9. The molecule has 7 heteroatoms. The maximum atomic E-state index is 13.1. The second kappa shape index (κ2) is 10.2. The van der Waals surface area contributed by atoms with Crippen LogP contribution < -0.4 is 15.8 Å². The number of nitrogens with zero attached hydrogens (tertiary/aromatic N) is 2. The molecule has 0 bridgehead atoms. The van der Waals surface area contributed by atoms with Gasteiger partial charge in [-0.15, -0.1) is 24.0 Å². The summed E-state index contributed by atoms with van der Waals surface area (Å²) < 4.78 is 18.2. The van der Waals surface area contributed by atoms with E-state index in [0.29, 0.717) is 12.5 Å². The highest BCUT2D eigenvalue weighted by molar-refractivity contribution is 14.0. The normalized spacial score (nSPS) is 12.4. The van der Waals surface area contributed by atoms with Crippen molar-refractivity contribution in [1.82, 2.24) is 4.90 Å². The van der Waals surface area contributed by atoms with Gasteiger partial charge >= 0.3 is 0 Å². The highest BCUT2D eigenvalue weighted by atomic mass is 127. The largest absolute Gasteiger partial charge is 0.497 e. The Bertz CT molecular complexity index is 674. The number of benzene rings is 2. The number of anilines is 1. The van der Waals surface area contributed by atoms with Crippen LogP contribution in [-0.2, 0) is 0 Å². The predicted molar refractivity (Wildman–Crippen MR) is 111 cm³/mol. The molecule has 0 heterocycles. The van der Waals surface area contributed by atoms with Gasteiger partial charge < -0.3 is 20.7 Å². The Kier molecular flexibility index (Phi) is 8.64. The molecule has 0 fully saturated rings. The maximum absolute atomic E-state index is 13.1. The molecule has 5 nitrogen and oxygen atoms in total. The Morgan fingerprint density at radius 1 is 1.16 bits per heavy atom. The van der Waals surface area contributed by atoms with Crippen LogP contribution in [0.1, 0.15) is 11.6 Å². The smallest absolute Gasteiger partial charge is 0.193 e. The van der Waals surface area contributed by atoms with Gasteiger partial charge in [0.1, 0.15) is 11.6 Å². The summed E-state index contributed by atoms with van der Waals surface area (Å²) in [5.74, 6) is 0.856. The van der Waals surface area contributed by atoms with Crippen LogP contribution in [0, 0.1) is 5.82 Å². The maximum Gasteiger partial charge on any atom is 0.193 e. The van der Waals surface area contributed by atoms with Crippen LogP contribution in [0.5, 0.6) is 5.75 Å². The standard InChI is InChI=1S/C18H23FN4O.HI/c1-23(2)17(13-4-6-14(19)7-5-13)12-21-18(20)22-15-8-10-16(24-3)11-9-15;/h4-11,17H,12H2,1-3H3,(H3,20,21,22);1H. The van der Waals surface area contributed by atoms with E-state index in [-0.39, 0.29) is 35.8 Å². The molecule has 2 aromatic carbocycles. The molecule has 0 aliphatic heterocycles. The van der Waals surface area contributed by atoms with Crippen molar-refractivity contribution in [3.05, 3.63) is 59.9 Å². The zero-order chi connectivity index (χ0) is 17.5. The molecule has 0 aliphatic carbocycles. The zero-order valence-corrected chi connectivity index (χ0v) is 16.9. The number of ether oxygens (including phenoxy) is 1. The minimum atomic E-state index is -0.250. The molecular formula is C18H24FIN4O. The summed E-state index contributed by atoms with van der Waals surface area (Å²) in [5.41, 5.74) is 7.78.